The standard InChI is InChI=1S/C12H19ClN2O3/c1-7(2)14-4-9(16)6-18-12-11(13)8(3)10(17)5-15-12/h5,7,9,14,16-17H,4,6H2,1-3H3. The molecule has 0 saturated carbocycles. The molecule has 0 spiro atoms. The summed E-state index contributed by atoms with van der Waals surface area (Å²) in [4.78, 5) is 3.87. The highest BCUT2D eigenvalue weighted by atomic mass is 35.5. The lowest BCUT2D eigenvalue weighted by Gasteiger charge is -2.15. The average molecular weight is 275 g/mol. The number of aromatic hydroxyl groups is 1. The number of ether oxygens (including phenoxy) is 1. The molecule has 1 unspecified atom stereocenters. The van der Waals surface area contributed by atoms with Crippen molar-refractivity contribution in [1.29, 1.82) is 0 Å². The minimum atomic E-state index is -0.639. The predicted octanol–water partition coefficient (Wildman–Crippen LogP) is 1.49. The fourth-order valence-electron chi connectivity index (χ4n) is 1.25. The van der Waals surface area contributed by atoms with Crippen LogP contribution in [0.2, 0.25) is 5.02 Å². The molecular weight excluding hydrogens is 256 g/mol. The Morgan fingerprint density at radius 3 is 2.78 bits per heavy atom. The Balaban J connectivity index is 2.51. The molecule has 1 rings (SSSR count). The van der Waals surface area contributed by atoms with Gasteiger partial charge in [-0.2, -0.15) is 0 Å². The highest BCUT2D eigenvalue weighted by Gasteiger charge is 2.12. The summed E-state index contributed by atoms with van der Waals surface area (Å²) in [6, 6.07) is 0.303. The van der Waals surface area contributed by atoms with E-state index in [0.717, 1.165) is 0 Å². The van der Waals surface area contributed by atoms with Crippen LogP contribution >= 0.6 is 11.6 Å². The Morgan fingerprint density at radius 2 is 2.17 bits per heavy atom. The van der Waals surface area contributed by atoms with Crippen molar-refractivity contribution in [2.24, 2.45) is 0 Å². The summed E-state index contributed by atoms with van der Waals surface area (Å²) in [5, 5.41) is 22.4. The Bertz CT molecular complexity index is 399. The Kier molecular flexibility index (Phi) is 5.65. The maximum atomic E-state index is 9.67. The molecule has 0 bridgehead atoms. The second-order valence-corrected chi connectivity index (χ2v) is 4.79. The summed E-state index contributed by atoms with van der Waals surface area (Å²) in [5.41, 5.74) is 0.511. The van der Waals surface area contributed by atoms with E-state index in [-0.39, 0.29) is 23.3 Å². The minimum absolute atomic E-state index is 0.0226. The maximum absolute atomic E-state index is 9.67. The zero-order chi connectivity index (χ0) is 13.7. The van der Waals surface area contributed by atoms with Crippen LogP contribution in [-0.2, 0) is 0 Å². The molecule has 6 heteroatoms. The third-order valence-corrected chi connectivity index (χ3v) is 2.82. The summed E-state index contributed by atoms with van der Waals surface area (Å²) in [6.07, 6.45) is 0.634. The third kappa shape index (κ3) is 4.33. The molecule has 0 aromatic carbocycles. The van der Waals surface area contributed by atoms with Gasteiger partial charge in [-0.15, -0.1) is 0 Å². The number of halogens is 1. The molecule has 1 atom stereocenters. The fraction of sp³-hybridized carbons (Fsp3) is 0.583. The van der Waals surface area contributed by atoms with Crippen LogP contribution in [-0.4, -0.2) is 40.5 Å². The lowest BCUT2D eigenvalue weighted by atomic mass is 10.3. The first-order valence-corrected chi connectivity index (χ1v) is 6.18. The number of nitrogens with one attached hydrogen (secondary N) is 1. The minimum Gasteiger partial charge on any atom is -0.506 e. The zero-order valence-electron chi connectivity index (χ0n) is 10.8. The van der Waals surface area contributed by atoms with Crippen molar-refractivity contribution >= 4 is 11.6 Å². The number of pyridine rings is 1. The van der Waals surface area contributed by atoms with Gasteiger partial charge in [-0.05, 0) is 6.92 Å². The van der Waals surface area contributed by atoms with Gasteiger partial charge in [0, 0.05) is 18.2 Å². The number of aliphatic hydroxyl groups is 1. The summed E-state index contributed by atoms with van der Waals surface area (Å²) < 4.78 is 5.32. The number of hydrogen-bond acceptors (Lipinski definition) is 5. The molecule has 0 aliphatic rings. The van der Waals surface area contributed by atoms with Crippen molar-refractivity contribution in [3.8, 4) is 11.6 Å². The molecular formula is C12H19ClN2O3. The van der Waals surface area contributed by atoms with Gasteiger partial charge in [0.25, 0.3) is 0 Å². The van der Waals surface area contributed by atoms with Crippen LogP contribution in [0.15, 0.2) is 6.20 Å². The monoisotopic (exact) mass is 274 g/mol. The highest BCUT2D eigenvalue weighted by molar-refractivity contribution is 6.32. The average Bonchev–Trinajstić information content (AvgIpc) is 2.32. The molecule has 18 heavy (non-hydrogen) atoms. The predicted molar refractivity (Wildman–Crippen MR) is 70.3 cm³/mol. The number of nitrogens with zero attached hydrogens (tertiary/aromatic N) is 1. The lowest BCUT2D eigenvalue weighted by Crippen LogP contribution is -2.35. The molecule has 1 aromatic rings. The zero-order valence-corrected chi connectivity index (χ0v) is 11.5. The Labute approximate surface area is 112 Å². The SMILES string of the molecule is Cc1c(O)cnc(OCC(O)CNC(C)C)c1Cl. The summed E-state index contributed by atoms with van der Waals surface area (Å²) in [5.74, 6) is 0.241. The summed E-state index contributed by atoms with van der Waals surface area (Å²) in [6.45, 7) is 6.19. The first kappa shape index (κ1) is 15.0. The smallest absolute Gasteiger partial charge is 0.233 e. The second-order valence-electron chi connectivity index (χ2n) is 4.42. The van der Waals surface area contributed by atoms with Crippen molar-refractivity contribution < 1.29 is 14.9 Å². The van der Waals surface area contributed by atoms with Crippen molar-refractivity contribution in [1.82, 2.24) is 10.3 Å². The van der Waals surface area contributed by atoms with Crippen LogP contribution in [0.5, 0.6) is 11.6 Å². The molecule has 0 amide bonds. The van der Waals surface area contributed by atoms with Gasteiger partial charge in [-0.3, -0.25) is 0 Å². The first-order chi connectivity index (χ1) is 8.41. The van der Waals surface area contributed by atoms with Crippen LogP contribution in [0.1, 0.15) is 19.4 Å². The van der Waals surface area contributed by atoms with Gasteiger partial charge in [0.15, 0.2) is 0 Å². The first-order valence-electron chi connectivity index (χ1n) is 5.80. The van der Waals surface area contributed by atoms with Crippen LogP contribution in [0.3, 0.4) is 0 Å². The molecule has 3 N–H and O–H groups in total. The van der Waals surface area contributed by atoms with E-state index in [2.05, 4.69) is 10.3 Å². The van der Waals surface area contributed by atoms with Gasteiger partial charge >= 0.3 is 0 Å². The number of hydrogen-bond donors (Lipinski definition) is 3. The third-order valence-electron chi connectivity index (χ3n) is 2.38. The molecule has 1 aromatic heterocycles. The molecule has 0 aliphatic heterocycles. The largest absolute Gasteiger partial charge is 0.506 e. The Hall–Kier alpha value is -1.04. The van der Waals surface area contributed by atoms with Crippen LogP contribution in [0.25, 0.3) is 0 Å². The summed E-state index contributed by atoms with van der Waals surface area (Å²) in [7, 11) is 0. The van der Waals surface area contributed by atoms with Crippen LogP contribution in [0, 0.1) is 6.92 Å². The molecule has 0 saturated heterocycles. The van der Waals surface area contributed by atoms with Gasteiger partial charge in [0.1, 0.15) is 23.5 Å². The van der Waals surface area contributed by atoms with Crippen molar-refractivity contribution in [3.05, 3.63) is 16.8 Å². The van der Waals surface area contributed by atoms with Crippen molar-refractivity contribution in [2.75, 3.05) is 13.2 Å². The molecule has 0 radical (unpaired) electrons. The number of rotatable bonds is 6. The van der Waals surface area contributed by atoms with Gasteiger partial charge in [-0.25, -0.2) is 4.98 Å². The maximum Gasteiger partial charge on any atom is 0.233 e. The van der Waals surface area contributed by atoms with Crippen molar-refractivity contribution in [2.45, 2.75) is 32.9 Å². The number of aromatic nitrogens is 1. The van der Waals surface area contributed by atoms with Crippen LogP contribution < -0.4 is 10.1 Å². The molecule has 1 heterocycles. The van der Waals surface area contributed by atoms with Crippen molar-refractivity contribution in [3.63, 3.8) is 0 Å². The topological polar surface area (TPSA) is 74.6 Å². The summed E-state index contributed by atoms with van der Waals surface area (Å²) >= 11 is 5.96. The second kappa shape index (κ2) is 6.78. The van der Waals surface area contributed by atoms with E-state index in [9.17, 15) is 10.2 Å². The van der Waals surface area contributed by atoms with E-state index >= 15 is 0 Å². The molecule has 0 fully saturated rings. The van der Waals surface area contributed by atoms with E-state index < -0.39 is 6.10 Å². The number of aliphatic hydroxyl groups excluding tert-OH is 1. The van der Waals surface area contributed by atoms with Gasteiger partial charge in [0.05, 0.1) is 6.20 Å². The molecule has 5 nitrogen and oxygen atoms in total. The van der Waals surface area contributed by atoms with E-state index in [0.29, 0.717) is 18.2 Å². The lowest BCUT2D eigenvalue weighted by molar-refractivity contribution is 0.102. The molecule has 0 aliphatic carbocycles. The van der Waals surface area contributed by atoms with E-state index in [1.165, 1.54) is 6.20 Å². The fourth-order valence-corrected chi connectivity index (χ4v) is 1.45. The van der Waals surface area contributed by atoms with E-state index in [1.807, 2.05) is 13.8 Å². The van der Waals surface area contributed by atoms with Gasteiger partial charge in [0.2, 0.25) is 5.88 Å². The van der Waals surface area contributed by atoms with Crippen LogP contribution in [0.4, 0.5) is 0 Å². The quantitative estimate of drug-likeness (QED) is 0.733. The highest BCUT2D eigenvalue weighted by Crippen LogP contribution is 2.30. The normalized spacial score (nSPS) is 12.8. The molecule has 102 valence electrons. The van der Waals surface area contributed by atoms with Gasteiger partial charge < -0.3 is 20.3 Å². The van der Waals surface area contributed by atoms with Gasteiger partial charge in [-0.1, -0.05) is 25.4 Å². The Morgan fingerprint density at radius 1 is 1.50 bits per heavy atom. The van der Waals surface area contributed by atoms with E-state index in [1.54, 1.807) is 6.92 Å². The van der Waals surface area contributed by atoms with E-state index in [4.69, 9.17) is 16.3 Å².